The van der Waals surface area contributed by atoms with Crippen molar-refractivity contribution in [3.63, 3.8) is 0 Å². The number of rotatable bonds is 1. The van der Waals surface area contributed by atoms with Crippen molar-refractivity contribution in [3.05, 3.63) is 0 Å². The van der Waals surface area contributed by atoms with Gasteiger partial charge in [0, 0.05) is 21.4 Å². The maximum Gasteiger partial charge on any atom is 1.00 e. The summed E-state index contributed by atoms with van der Waals surface area (Å²) >= 11 is 0. The van der Waals surface area contributed by atoms with E-state index >= 15 is 0 Å². The molecule has 0 unspecified atom stereocenters. The van der Waals surface area contributed by atoms with Gasteiger partial charge < -0.3 is 55.8 Å². The van der Waals surface area contributed by atoms with Crippen LogP contribution in [0.3, 0.4) is 0 Å². The fourth-order valence-electron chi connectivity index (χ4n) is 0. The van der Waals surface area contributed by atoms with E-state index in [1.807, 2.05) is 0 Å². The molecule has 0 aliphatic rings. The Morgan fingerprint density at radius 3 is 0.660 bits per heavy atom. The van der Waals surface area contributed by atoms with Crippen LogP contribution in [0.1, 0.15) is 1.43 Å². The van der Waals surface area contributed by atoms with Crippen LogP contribution in [0, 0.1) is 0 Å². The summed E-state index contributed by atoms with van der Waals surface area (Å²) < 4.78 is 214. The third kappa shape index (κ3) is 92.8. The first-order valence-corrected chi connectivity index (χ1v) is 10.9. The molecule has 0 saturated carbocycles. The molecule has 0 aliphatic carbocycles. The van der Waals surface area contributed by atoms with Crippen molar-refractivity contribution in [1.29, 1.82) is 0 Å². The molecule has 0 aliphatic heterocycles. The van der Waals surface area contributed by atoms with Crippen LogP contribution >= 0.6 is 0 Å². The predicted octanol–water partition coefficient (Wildman–Crippen LogP) is -16.8. The summed E-state index contributed by atoms with van der Waals surface area (Å²) in [5, 5.41) is 8.43. The molecular formula is C6H11F12Li5O20S4-2. The quantitative estimate of drug-likeness (QED) is 0.0364. The molecule has 0 aromatic carbocycles. The molecule has 47 heavy (non-hydrogen) atoms. The van der Waals surface area contributed by atoms with E-state index < -0.39 is 63.7 Å². The topological polar surface area (TPSA) is 414 Å². The van der Waals surface area contributed by atoms with Gasteiger partial charge in [-0.15, -0.1) is 0 Å². The minimum Gasteiger partial charge on any atom is -1.00 e. The molecule has 0 atom stereocenters. The van der Waals surface area contributed by atoms with Gasteiger partial charge in [-0.1, -0.05) is 0 Å². The first-order chi connectivity index (χ1) is 15.7. The van der Waals surface area contributed by atoms with Gasteiger partial charge in [0.15, 0.2) is 0 Å². The van der Waals surface area contributed by atoms with Gasteiger partial charge in [-0.3, -0.25) is 13.9 Å². The minimum atomic E-state index is -5.84. The molecule has 0 aromatic rings. The van der Waals surface area contributed by atoms with E-state index in [-0.39, 0.29) is 136 Å². The zero-order chi connectivity index (χ0) is 32.3. The molecule has 0 aromatic heterocycles. The molecule has 0 rings (SSSR count). The Labute approximate surface area is 317 Å². The van der Waals surface area contributed by atoms with Gasteiger partial charge in [-0.2, -0.15) is 79.1 Å². The van der Waals surface area contributed by atoms with Crippen LogP contribution < -0.4 is 99.6 Å². The zero-order valence-electron chi connectivity index (χ0n) is 23.8. The van der Waals surface area contributed by atoms with Gasteiger partial charge in [0.05, 0.1) is 0 Å². The maximum absolute atomic E-state index is 10.7. The van der Waals surface area contributed by atoms with Crippen LogP contribution in [-0.4, -0.2) is 88.0 Å². The van der Waals surface area contributed by atoms with Crippen molar-refractivity contribution in [2.75, 3.05) is 0 Å². The Morgan fingerprint density at radius 2 is 0.660 bits per heavy atom. The van der Waals surface area contributed by atoms with Crippen molar-refractivity contribution in [1.82, 2.24) is 0 Å². The van der Waals surface area contributed by atoms with Gasteiger partial charge in [-0.05, 0) is 0 Å². The fraction of sp³-hybridized carbons (Fsp3) is 0.667. The minimum absolute atomic E-state index is 0. The molecule has 0 radical (unpaired) electrons. The van der Waals surface area contributed by atoms with Crippen LogP contribution in [0.2, 0.25) is 0 Å². The summed E-state index contributed by atoms with van der Waals surface area (Å²) in [6, 6.07) is 0. The second kappa shape index (κ2) is 46.5. The summed E-state index contributed by atoms with van der Waals surface area (Å²) in [4.78, 5) is 27.5. The summed E-state index contributed by atoms with van der Waals surface area (Å²) in [5.74, 6) is 0. The normalized spacial score (nSPS) is 9.13. The molecule has 270 valence electrons. The van der Waals surface area contributed by atoms with E-state index in [2.05, 4.69) is 4.89 Å². The molecule has 0 bridgehead atoms. The van der Waals surface area contributed by atoms with Crippen molar-refractivity contribution >= 4 is 54.3 Å². The molecule has 0 amide bonds. The monoisotopic (exact) mass is 794 g/mol. The Hall–Kier alpha value is 0.477. The van der Waals surface area contributed by atoms with E-state index in [9.17, 15) is 52.7 Å². The molecule has 0 fully saturated rings. The fourth-order valence-corrected chi connectivity index (χ4v) is 0. The molecule has 0 saturated heterocycles. The largest absolute Gasteiger partial charge is 1.00 e. The molecular weight excluding hydrogens is 783 g/mol. The van der Waals surface area contributed by atoms with Crippen LogP contribution in [0.5, 0.6) is 0 Å². The first-order valence-electron chi connectivity index (χ1n) is 5.83. The molecule has 9 N–H and O–H groups in total. The number of halogens is 12. The van der Waals surface area contributed by atoms with Gasteiger partial charge in [0.1, 0.15) is 0 Å². The van der Waals surface area contributed by atoms with Crippen molar-refractivity contribution in [3.8, 4) is 0 Å². The Morgan fingerprint density at radius 1 is 0.596 bits per heavy atom. The van der Waals surface area contributed by atoms with Crippen molar-refractivity contribution in [2.24, 2.45) is 0 Å². The van der Waals surface area contributed by atoms with E-state index in [1.165, 1.54) is 0 Å². The number of hydrogen-bond donors (Lipinski definition) is 2. The molecule has 0 heterocycles. The van der Waals surface area contributed by atoms with Crippen molar-refractivity contribution < 1.29 is 243 Å². The van der Waals surface area contributed by atoms with E-state index in [1.54, 1.807) is 0 Å². The molecule has 0 spiro atoms. The number of hydrogen-bond acceptors (Lipinski definition) is 18. The Balaban J connectivity index is -0.0000000156. The third-order valence-corrected chi connectivity index (χ3v) is 2.93. The third-order valence-electron chi connectivity index (χ3n) is 1.00. The average molecular weight is 794 g/mol. The number of carbonyl (C=O) groups is 1. The average Bonchev–Trinajstić information content (AvgIpc) is 2.59. The maximum atomic E-state index is 10.7. The van der Waals surface area contributed by atoms with Crippen molar-refractivity contribution in [2.45, 2.75) is 22.0 Å². The van der Waals surface area contributed by atoms with Crippen LogP contribution in [0.15, 0.2) is 0 Å². The smallest absolute Gasteiger partial charge is 1.00 e. The van der Waals surface area contributed by atoms with Gasteiger partial charge in [0.25, 0.3) is 6.47 Å². The van der Waals surface area contributed by atoms with Crippen LogP contribution in [0.25, 0.3) is 0 Å². The van der Waals surface area contributed by atoms with Gasteiger partial charge in [-0.25, -0.2) is 0 Å². The summed E-state index contributed by atoms with van der Waals surface area (Å²) in [5.41, 5.74) is -21.2. The van der Waals surface area contributed by atoms with E-state index in [4.69, 9.17) is 62.4 Å². The van der Waals surface area contributed by atoms with Gasteiger partial charge >= 0.3 is 143 Å². The standard InChI is InChI=1S/2CHF3O3S.2CF3O2S.CH2O3.CO2.5Li.5H2O.H/c2*2-1(3,4)8(5,6)7;2*2-1(3,4)7(5)6;2-1-4-3;2-1-3;;;;;;;;;;;/h2*(H,5,6,7);;;1,3H;;;;;;;5*1H2;/q;;2*-1;;;5*+1;;;;;;-1/p-4. The molecule has 41 heteroatoms. The number of alkyl halides is 12. The summed E-state index contributed by atoms with van der Waals surface area (Å²) in [6.45, 7) is -0.181. The summed E-state index contributed by atoms with van der Waals surface area (Å²) in [7, 11) is -19.5. The van der Waals surface area contributed by atoms with E-state index in [0.29, 0.717) is 0 Å². The van der Waals surface area contributed by atoms with Crippen LogP contribution in [-0.2, 0) is 77.8 Å². The Kier molecular flexibility index (Phi) is 102. The SMILES string of the molecule is O.O.O=C=O.O=CO[O-].O=S(=O)(O)C(F)(F)F.O=S(=O)(O)C(F)(F)F.O=[S-](=O)C(F)(F)F.O=[S-](=O)C(F)(F)F.[H-].[Li+].[Li+].[Li+].[Li+].[Li+].[OH-].[OH-].[OH-]. The zero-order valence-corrected chi connectivity index (χ0v) is 26.1. The summed E-state index contributed by atoms with van der Waals surface area (Å²) in [6.07, 6.45) is 0.250. The van der Waals surface area contributed by atoms with E-state index in [0.717, 1.165) is 0 Å². The van der Waals surface area contributed by atoms with Gasteiger partial charge in [0.2, 0.25) is 0 Å². The Bertz CT molecular complexity index is 965. The second-order valence-corrected chi connectivity index (χ2v) is 8.17. The second-order valence-electron chi connectivity index (χ2n) is 3.48. The molecule has 20 nitrogen and oxygen atoms in total. The predicted molar refractivity (Wildman–Crippen MR) is 91.1 cm³/mol. The number of carbonyl (C=O) groups excluding carboxylic acids is 3. The van der Waals surface area contributed by atoms with Crippen LogP contribution in [0.4, 0.5) is 52.7 Å². The first kappa shape index (κ1) is 104.